The number of esters is 1. The Labute approximate surface area is 129 Å². The average Bonchev–Trinajstić information content (AvgIpc) is 3.12. The molecule has 1 aliphatic carbocycles. The molecule has 19 heavy (non-hydrogen) atoms. The van der Waals surface area contributed by atoms with E-state index in [0.29, 0.717) is 15.7 Å². The SMILES string of the molecule is COC(=O)CC1(CSc2cc(F)c(I)cc2N)CC1. The summed E-state index contributed by atoms with van der Waals surface area (Å²) in [5.41, 5.74) is 6.49. The van der Waals surface area contributed by atoms with Gasteiger partial charge in [-0.25, -0.2) is 4.39 Å². The lowest BCUT2D eigenvalue weighted by molar-refractivity contribution is -0.141. The number of rotatable bonds is 5. The lowest BCUT2D eigenvalue weighted by Gasteiger charge is -2.14. The van der Waals surface area contributed by atoms with Crippen molar-refractivity contribution < 1.29 is 13.9 Å². The number of carbonyl (C=O) groups is 1. The second kappa shape index (κ2) is 5.87. The molecule has 2 rings (SSSR count). The summed E-state index contributed by atoms with van der Waals surface area (Å²) in [6.07, 6.45) is 2.47. The summed E-state index contributed by atoms with van der Waals surface area (Å²) >= 11 is 3.43. The summed E-state index contributed by atoms with van der Waals surface area (Å²) in [5.74, 6) is 0.335. The summed E-state index contributed by atoms with van der Waals surface area (Å²) in [7, 11) is 1.40. The molecular formula is C13H15FINO2S. The van der Waals surface area contributed by atoms with Crippen LogP contribution in [0.25, 0.3) is 0 Å². The molecule has 1 aromatic rings. The predicted molar refractivity (Wildman–Crippen MR) is 82.6 cm³/mol. The van der Waals surface area contributed by atoms with E-state index in [1.807, 2.05) is 22.6 Å². The minimum Gasteiger partial charge on any atom is -0.469 e. The fourth-order valence-corrected chi connectivity index (χ4v) is 3.58. The van der Waals surface area contributed by atoms with Gasteiger partial charge in [0, 0.05) is 16.3 Å². The van der Waals surface area contributed by atoms with Crippen molar-refractivity contribution in [3.05, 3.63) is 21.5 Å². The molecule has 1 fully saturated rings. The molecule has 0 unspecified atom stereocenters. The van der Waals surface area contributed by atoms with Gasteiger partial charge in [0.15, 0.2) is 0 Å². The first-order chi connectivity index (χ1) is 8.96. The number of thioether (sulfide) groups is 1. The number of methoxy groups -OCH3 is 1. The largest absolute Gasteiger partial charge is 0.469 e. The average molecular weight is 395 g/mol. The summed E-state index contributed by atoms with van der Waals surface area (Å²) in [5, 5.41) is 0. The van der Waals surface area contributed by atoms with Gasteiger partial charge in [-0.05, 0) is 53.0 Å². The smallest absolute Gasteiger partial charge is 0.306 e. The number of nitrogens with two attached hydrogens (primary N) is 1. The van der Waals surface area contributed by atoms with Crippen molar-refractivity contribution in [2.24, 2.45) is 5.41 Å². The van der Waals surface area contributed by atoms with Crippen LogP contribution >= 0.6 is 34.4 Å². The van der Waals surface area contributed by atoms with Crippen LogP contribution in [0.1, 0.15) is 19.3 Å². The third-order valence-corrected chi connectivity index (χ3v) is 5.54. The monoisotopic (exact) mass is 395 g/mol. The van der Waals surface area contributed by atoms with Crippen molar-refractivity contribution in [3.63, 3.8) is 0 Å². The maximum absolute atomic E-state index is 13.5. The van der Waals surface area contributed by atoms with Gasteiger partial charge in [-0.3, -0.25) is 4.79 Å². The standard InChI is InChI=1S/C13H15FINO2S/c1-18-12(17)6-13(2-3-13)7-19-11-4-8(14)9(15)5-10(11)16/h4-5H,2-3,6-7,16H2,1H3. The molecule has 0 amide bonds. The van der Waals surface area contributed by atoms with Crippen LogP contribution in [0.3, 0.4) is 0 Å². The molecule has 0 saturated heterocycles. The number of hydrogen-bond acceptors (Lipinski definition) is 4. The first-order valence-corrected chi connectivity index (χ1v) is 7.96. The Kier molecular flexibility index (Phi) is 4.60. The van der Waals surface area contributed by atoms with Crippen LogP contribution in [-0.4, -0.2) is 18.8 Å². The summed E-state index contributed by atoms with van der Waals surface area (Å²) in [6, 6.07) is 3.11. The highest BCUT2D eigenvalue weighted by molar-refractivity contribution is 14.1. The van der Waals surface area contributed by atoms with Gasteiger partial charge in [-0.2, -0.15) is 0 Å². The highest BCUT2D eigenvalue weighted by atomic mass is 127. The molecule has 0 radical (unpaired) electrons. The van der Waals surface area contributed by atoms with Crippen molar-refractivity contribution in [3.8, 4) is 0 Å². The number of halogens is 2. The van der Waals surface area contributed by atoms with Crippen LogP contribution in [0, 0.1) is 14.8 Å². The molecule has 1 aliphatic rings. The van der Waals surface area contributed by atoms with E-state index in [1.165, 1.54) is 24.9 Å². The Morgan fingerprint density at radius 2 is 2.26 bits per heavy atom. The van der Waals surface area contributed by atoms with E-state index in [2.05, 4.69) is 0 Å². The van der Waals surface area contributed by atoms with Gasteiger partial charge in [-0.1, -0.05) is 0 Å². The Hall–Kier alpha value is -0.500. The van der Waals surface area contributed by atoms with Gasteiger partial charge in [0.1, 0.15) is 5.82 Å². The molecule has 2 N–H and O–H groups in total. The summed E-state index contributed by atoms with van der Waals surface area (Å²) in [4.78, 5) is 12.1. The number of anilines is 1. The van der Waals surface area contributed by atoms with Crippen molar-refractivity contribution in [2.75, 3.05) is 18.6 Å². The fraction of sp³-hybridized carbons (Fsp3) is 0.462. The number of nitrogen functional groups attached to an aromatic ring is 1. The molecule has 0 atom stereocenters. The van der Waals surface area contributed by atoms with Gasteiger partial charge in [-0.15, -0.1) is 11.8 Å². The maximum Gasteiger partial charge on any atom is 0.306 e. The second-order valence-corrected chi connectivity index (χ2v) is 7.03. The van der Waals surface area contributed by atoms with E-state index in [9.17, 15) is 9.18 Å². The molecular weight excluding hydrogens is 380 g/mol. The van der Waals surface area contributed by atoms with Crippen LogP contribution < -0.4 is 5.73 Å². The fourth-order valence-electron chi connectivity index (χ4n) is 1.83. The van der Waals surface area contributed by atoms with Crippen molar-refractivity contribution in [1.82, 2.24) is 0 Å². The van der Waals surface area contributed by atoms with Gasteiger partial charge in [0.2, 0.25) is 0 Å². The number of benzene rings is 1. The van der Waals surface area contributed by atoms with E-state index in [-0.39, 0.29) is 17.2 Å². The van der Waals surface area contributed by atoms with Gasteiger partial charge >= 0.3 is 5.97 Å². The summed E-state index contributed by atoms with van der Waals surface area (Å²) in [6.45, 7) is 0. The van der Waals surface area contributed by atoms with E-state index in [0.717, 1.165) is 23.5 Å². The Morgan fingerprint density at radius 1 is 1.58 bits per heavy atom. The van der Waals surface area contributed by atoms with E-state index in [4.69, 9.17) is 10.5 Å². The molecule has 1 saturated carbocycles. The Bertz CT molecular complexity index is 506. The minimum atomic E-state index is -0.255. The third-order valence-electron chi connectivity index (χ3n) is 3.29. The molecule has 0 aromatic heterocycles. The number of carbonyl (C=O) groups excluding carboxylic acids is 1. The molecule has 1 aromatic carbocycles. The zero-order chi connectivity index (χ0) is 14.0. The van der Waals surface area contributed by atoms with Crippen LogP contribution in [0.15, 0.2) is 17.0 Å². The highest BCUT2D eigenvalue weighted by Gasteiger charge is 2.44. The Morgan fingerprint density at radius 3 is 2.84 bits per heavy atom. The van der Waals surface area contributed by atoms with Crippen LogP contribution in [-0.2, 0) is 9.53 Å². The lowest BCUT2D eigenvalue weighted by atomic mass is 10.1. The van der Waals surface area contributed by atoms with Crippen LogP contribution in [0.2, 0.25) is 0 Å². The predicted octanol–water partition coefficient (Wildman–Crippen LogP) is 3.45. The van der Waals surface area contributed by atoms with Crippen LogP contribution in [0.5, 0.6) is 0 Å². The first kappa shape index (κ1) is 14.9. The lowest BCUT2D eigenvalue weighted by Crippen LogP contribution is -2.13. The molecule has 0 aliphatic heterocycles. The van der Waals surface area contributed by atoms with Crippen molar-refractivity contribution >= 4 is 46.0 Å². The molecule has 3 nitrogen and oxygen atoms in total. The Balaban J connectivity index is 1.99. The molecule has 0 bridgehead atoms. The highest BCUT2D eigenvalue weighted by Crippen LogP contribution is 2.52. The summed E-state index contributed by atoms with van der Waals surface area (Å²) < 4.78 is 18.7. The normalized spacial score (nSPS) is 16.2. The van der Waals surface area contributed by atoms with Crippen LogP contribution in [0.4, 0.5) is 10.1 Å². The first-order valence-electron chi connectivity index (χ1n) is 5.90. The van der Waals surface area contributed by atoms with Crippen molar-refractivity contribution in [2.45, 2.75) is 24.2 Å². The molecule has 0 heterocycles. The van der Waals surface area contributed by atoms with E-state index < -0.39 is 0 Å². The zero-order valence-corrected chi connectivity index (χ0v) is 13.5. The number of hydrogen-bond donors (Lipinski definition) is 1. The number of ether oxygens (including phenoxy) is 1. The van der Waals surface area contributed by atoms with E-state index >= 15 is 0 Å². The zero-order valence-electron chi connectivity index (χ0n) is 10.5. The maximum atomic E-state index is 13.5. The quantitative estimate of drug-likeness (QED) is 0.359. The molecule has 6 heteroatoms. The van der Waals surface area contributed by atoms with Gasteiger partial charge < -0.3 is 10.5 Å². The second-order valence-electron chi connectivity index (χ2n) is 4.85. The third kappa shape index (κ3) is 3.75. The molecule has 0 spiro atoms. The van der Waals surface area contributed by atoms with E-state index in [1.54, 1.807) is 6.07 Å². The van der Waals surface area contributed by atoms with Gasteiger partial charge in [0.05, 0.1) is 17.1 Å². The topological polar surface area (TPSA) is 52.3 Å². The molecule has 104 valence electrons. The van der Waals surface area contributed by atoms with Crippen molar-refractivity contribution in [1.29, 1.82) is 0 Å². The van der Waals surface area contributed by atoms with Gasteiger partial charge in [0.25, 0.3) is 0 Å². The minimum absolute atomic E-state index is 0.0175.